The Morgan fingerprint density at radius 2 is 0.604 bits per heavy atom. The van der Waals surface area contributed by atoms with Crippen molar-refractivity contribution in [3.63, 3.8) is 0 Å². The van der Waals surface area contributed by atoms with Crippen LogP contribution in [0.5, 0.6) is 0 Å². The Bertz CT molecular complexity index is 4610. The number of hydrogen-bond donors (Lipinski definition) is 3. The highest BCUT2D eigenvalue weighted by atomic mass is 16.6. The van der Waals surface area contributed by atoms with E-state index in [0.29, 0.717) is 70.9 Å². The fourth-order valence-corrected chi connectivity index (χ4v) is 24.5. The molecular weight excluding hydrogens is 1410 g/mol. The van der Waals surface area contributed by atoms with E-state index in [2.05, 4.69) is 45.1 Å². The van der Waals surface area contributed by atoms with E-state index in [-0.39, 0.29) is 59.5 Å². The maximum atomic E-state index is 13.9. The van der Waals surface area contributed by atoms with Crippen molar-refractivity contribution in [2.45, 2.75) is 305 Å². The van der Waals surface area contributed by atoms with Crippen LogP contribution in [-0.2, 0) is 28.9 Å². The summed E-state index contributed by atoms with van der Waals surface area (Å²) in [5.74, 6) is 1.38. The number of nitrogens with zero attached hydrogens (tertiary/aromatic N) is 12. The van der Waals surface area contributed by atoms with E-state index in [4.69, 9.17) is 14.5 Å². The van der Waals surface area contributed by atoms with E-state index < -0.39 is 40.6 Å². The number of aromatic nitrogens is 6. The van der Waals surface area contributed by atoms with E-state index in [1.165, 1.54) is 187 Å². The first-order valence-electron chi connectivity index (χ1n) is 42.7. The number of oxime groups is 3. The van der Waals surface area contributed by atoms with Crippen LogP contribution in [0.3, 0.4) is 0 Å². The summed E-state index contributed by atoms with van der Waals surface area (Å²) in [7, 11) is 1.28. The van der Waals surface area contributed by atoms with Gasteiger partial charge in [-0.1, -0.05) is 135 Å². The molecule has 3 aromatic heterocycles. The second kappa shape index (κ2) is 33.8. The summed E-state index contributed by atoms with van der Waals surface area (Å²) >= 11 is 0. The number of carbonyl (C=O) groups is 3. The molecule has 15 atom stereocenters. The van der Waals surface area contributed by atoms with Gasteiger partial charge in [-0.05, 0) is 221 Å². The molecule has 3 N–H and O–H groups in total. The monoisotopic (exact) mass is 1520 g/mol. The molecule has 0 spiro atoms. The average molecular weight is 1520 g/mol. The SMILES string of the molecule is CCON=C(C(=O)O)c1nc2ccccc2n(C2C[C@H]3CCC[C@@H](C2)N3C2CC3CCCC(C3)C2)c1=O.CCON=C(C(=O)O)c1nc2ccccc2n(C2C[C@H]3CC[C@@H](C2)N3C2CC3CCCCC(C3)C2)c1=O.CON=C(C(=O)O)c1nc2ccccc2n(C2C[C@H]3CCC[C@@H](C2)N3C2CC3CCCCC(C3)C2)c1=O. The Hall–Kier alpha value is -8.22. The third kappa shape index (κ3) is 15.9. The van der Waals surface area contributed by atoms with Crippen LogP contribution in [0.1, 0.15) is 267 Å². The van der Waals surface area contributed by atoms with Crippen molar-refractivity contribution < 1.29 is 44.2 Å². The molecule has 111 heavy (non-hydrogen) atoms. The van der Waals surface area contributed by atoms with E-state index in [0.717, 1.165) is 90.6 Å². The van der Waals surface area contributed by atoms with Gasteiger partial charge in [-0.15, -0.1) is 0 Å². The Labute approximate surface area is 649 Å². The van der Waals surface area contributed by atoms with Crippen molar-refractivity contribution in [3.8, 4) is 0 Å². The van der Waals surface area contributed by atoms with Crippen molar-refractivity contribution in [1.82, 2.24) is 43.4 Å². The Morgan fingerprint density at radius 1 is 0.342 bits per heavy atom. The van der Waals surface area contributed by atoms with Gasteiger partial charge in [-0.25, -0.2) is 29.3 Å². The van der Waals surface area contributed by atoms with Crippen LogP contribution >= 0.6 is 0 Å². The highest BCUT2D eigenvalue weighted by molar-refractivity contribution is 6.43. The topological polar surface area (TPSA) is 291 Å². The number of benzene rings is 3. The normalized spacial score (nSPS) is 32.4. The molecule has 24 heteroatoms. The minimum atomic E-state index is -1.32. The molecule has 0 radical (unpaired) electrons. The third-order valence-electron chi connectivity index (χ3n) is 28.4. The quantitative estimate of drug-likeness (QED) is 0.0565. The number of carboxylic acids is 3. The van der Waals surface area contributed by atoms with Crippen molar-refractivity contribution in [2.24, 2.45) is 51.0 Å². The highest BCUT2D eigenvalue weighted by Crippen LogP contribution is 2.52. The molecule has 24 nitrogen and oxygen atoms in total. The molecule has 6 saturated carbocycles. The first kappa shape index (κ1) is 76.8. The molecule has 6 aliphatic carbocycles. The molecule has 12 aliphatic rings. The van der Waals surface area contributed by atoms with E-state index in [9.17, 15) is 44.1 Å². The van der Waals surface area contributed by atoms with Gasteiger partial charge in [0, 0.05) is 72.5 Å². The summed E-state index contributed by atoms with van der Waals surface area (Å²) < 4.78 is 5.49. The minimum Gasteiger partial charge on any atom is -0.476 e. The zero-order valence-corrected chi connectivity index (χ0v) is 65.2. The van der Waals surface area contributed by atoms with Crippen molar-refractivity contribution in [2.75, 3.05) is 20.3 Å². The van der Waals surface area contributed by atoms with Crippen molar-refractivity contribution in [3.05, 3.63) is 121 Å². The summed E-state index contributed by atoms with van der Waals surface area (Å²) in [4.78, 5) is 114. The number of para-hydroxylation sites is 6. The number of fused-ring (bicyclic) bond motifs is 15. The summed E-state index contributed by atoms with van der Waals surface area (Å²) in [6.07, 6.45) is 42.8. The third-order valence-corrected chi connectivity index (χ3v) is 28.4. The molecule has 12 bridgehead atoms. The van der Waals surface area contributed by atoms with Gasteiger partial charge in [-0.2, -0.15) is 0 Å². The van der Waals surface area contributed by atoms with Gasteiger partial charge in [-0.3, -0.25) is 29.1 Å². The van der Waals surface area contributed by atoms with Crippen LogP contribution in [0.2, 0.25) is 0 Å². The second-order valence-electron chi connectivity index (χ2n) is 35.0. The highest BCUT2D eigenvalue weighted by Gasteiger charge is 2.50. The smallest absolute Gasteiger partial charge is 0.360 e. The number of carboxylic acid groups (broad SMARTS) is 3. The average Bonchev–Trinajstić information content (AvgIpc) is 1.70. The Morgan fingerprint density at radius 3 is 0.883 bits per heavy atom. The van der Waals surface area contributed by atoms with Crippen molar-refractivity contribution >= 4 is 68.1 Å². The molecular formula is C87H114N12O12. The largest absolute Gasteiger partial charge is 0.476 e. The molecule has 18 rings (SSSR count). The van der Waals surface area contributed by atoms with Gasteiger partial charge in [0.25, 0.3) is 16.7 Å². The Balaban J connectivity index is 0.000000126. The second-order valence-corrected chi connectivity index (χ2v) is 35.0. The fraction of sp³-hybridized carbons (Fsp3) is 0.655. The minimum absolute atomic E-state index is 0.00848. The van der Waals surface area contributed by atoms with Crippen LogP contribution < -0.4 is 16.7 Å². The lowest BCUT2D eigenvalue weighted by atomic mass is 9.68. The first-order valence-corrected chi connectivity index (χ1v) is 42.7. The van der Waals surface area contributed by atoms with Crippen LogP contribution in [0.4, 0.5) is 0 Å². The zero-order chi connectivity index (χ0) is 76.6. The molecule has 6 aliphatic heterocycles. The van der Waals surface area contributed by atoms with Crippen LogP contribution in [0, 0.1) is 35.5 Å². The summed E-state index contributed by atoms with van der Waals surface area (Å²) in [6.45, 7) is 3.87. The van der Waals surface area contributed by atoms with Crippen LogP contribution in [0.25, 0.3) is 33.1 Å². The van der Waals surface area contributed by atoms with Crippen LogP contribution in [-0.4, -0.2) is 168 Å². The van der Waals surface area contributed by atoms with Gasteiger partial charge >= 0.3 is 17.9 Å². The number of rotatable bonds is 17. The van der Waals surface area contributed by atoms with Crippen LogP contribution in [0.15, 0.2) is 103 Å². The van der Waals surface area contributed by atoms with Gasteiger partial charge in [0.2, 0.25) is 17.1 Å². The molecule has 594 valence electrons. The molecule has 12 fully saturated rings. The van der Waals surface area contributed by atoms with Gasteiger partial charge in [0.15, 0.2) is 17.1 Å². The molecule has 3 aromatic carbocycles. The van der Waals surface area contributed by atoms with Gasteiger partial charge in [0.1, 0.15) is 20.3 Å². The van der Waals surface area contributed by atoms with Crippen molar-refractivity contribution in [1.29, 1.82) is 0 Å². The standard InChI is InChI=1S/3C29H38N4O4/c1-37-31-27(29(35)36)26-28(34)33(25-12-5-4-11-24(25)30-26)23-16-20-9-6-10-21(17-23)32(20)22-14-18-7-2-3-8-19(13-18)15-22;1-2-37-31-27(29(35)36)26-28(34)33(25-12-4-3-11-24(25)30-26)23-16-20-9-6-10-21(17-23)32(20)22-14-18-7-5-8-19(13-18)15-22;1-2-37-31-27(29(35)36)26-28(34)33(25-10-6-5-9-24(25)30-26)23-16-20-11-12-21(17-23)32(20)22-14-18-7-3-4-8-19(13-18)15-22/h4-5,11-12,18-23H,2-3,6-10,13-17H2,1H3,(H,35,36);3-4,11-12,18-23H,2,5-10,13-17H2,1H3,(H,35,36);5-6,9-10,18-23H,2-4,7-8,11-17H2,1H3,(H,35,36)/t3*18?,19?,20-,21+,22?,23?. The lowest BCUT2D eigenvalue weighted by Crippen LogP contribution is -2.58. The predicted octanol–water partition coefficient (Wildman–Crippen LogP) is 14.2. The molecule has 9 unspecified atom stereocenters. The van der Waals surface area contributed by atoms with E-state index >= 15 is 0 Å². The van der Waals surface area contributed by atoms with E-state index in [1.807, 2.05) is 86.5 Å². The number of piperidine rings is 5. The van der Waals surface area contributed by atoms with Gasteiger partial charge < -0.3 is 43.5 Å². The maximum Gasteiger partial charge on any atom is 0.360 e. The predicted molar refractivity (Wildman–Crippen MR) is 425 cm³/mol. The van der Waals surface area contributed by atoms with E-state index in [1.54, 1.807) is 13.8 Å². The molecule has 0 amide bonds. The summed E-state index contributed by atoms with van der Waals surface area (Å²) in [5, 5.41) is 40.5. The first-order chi connectivity index (χ1) is 54.1. The summed E-state index contributed by atoms with van der Waals surface area (Å²) in [6, 6.07) is 27.5. The van der Waals surface area contributed by atoms with Gasteiger partial charge in [0.05, 0.1) is 33.1 Å². The maximum absolute atomic E-state index is 13.9. The number of aliphatic carboxylic acids is 3. The Kier molecular flexibility index (Phi) is 23.4. The number of hydrogen-bond acceptors (Lipinski definition) is 18. The molecule has 6 saturated heterocycles. The lowest BCUT2D eigenvalue weighted by molar-refractivity contribution is -0.130. The lowest BCUT2D eigenvalue weighted by Gasteiger charge is -2.55. The zero-order valence-electron chi connectivity index (χ0n) is 65.2. The fourth-order valence-electron chi connectivity index (χ4n) is 24.5. The summed E-state index contributed by atoms with van der Waals surface area (Å²) in [5.41, 5.74) is 1.18. The molecule has 6 aromatic rings. The molecule has 9 heterocycles.